The van der Waals surface area contributed by atoms with Gasteiger partial charge in [0.15, 0.2) is 9.84 Å². The van der Waals surface area contributed by atoms with Crippen molar-refractivity contribution in [1.82, 2.24) is 10.2 Å². The van der Waals surface area contributed by atoms with E-state index in [0.717, 1.165) is 4.90 Å². The number of imide groups is 1. The zero-order valence-electron chi connectivity index (χ0n) is 14.3. The molecule has 0 saturated carbocycles. The summed E-state index contributed by atoms with van der Waals surface area (Å²) in [7, 11) is -1.81. The van der Waals surface area contributed by atoms with Gasteiger partial charge in [0.1, 0.15) is 0 Å². The van der Waals surface area contributed by atoms with Crippen molar-refractivity contribution in [2.24, 2.45) is 0 Å². The van der Waals surface area contributed by atoms with E-state index in [1.54, 1.807) is 0 Å². The Bertz CT molecular complexity index is 791. The van der Waals surface area contributed by atoms with Crippen LogP contribution in [0.3, 0.4) is 0 Å². The first kappa shape index (κ1) is 19.9. The summed E-state index contributed by atoms with van der Waals surface area (Å²) in [6.45, 7) is 0.195. The number of nitrogen functional groups attached to an aromatic ring is 1. The fraction of sp³-hybridized carbons (Fsp3) is 0.438. The average Bonchev–Trinajstić information content (AvgIpc) is 2.95. The second-order valence-corrected chi connectivity index (χ2v) is 8.18. The second kappa shape index (κ2) is 8.28. The molecule has 9 nitrogen and oxygen atoms in total. The summed E-state index contributed by atoms with van der Waals surface area (Å²) in [4.78, 5) is 37.9. The molecule has 1 aliphatic rings. The molecule has 3 N–H and O–H groups in total. The number of hydrogen-bond donors (Lipinski definition) is 2. The van der Waals surface area contributed by atoms with Gasteiger partial charge in [-0.1, -0.05) is 0 Å². The van der Waals surface area contributed by atoms with Gasteiger partial charge < -0.3 is 15.4 Å². The van der Waals surface area contributed by atoms with Crippen LogP contribution in [0.25, 0.3) is 0 Å². The molecule has 1 aromatic carbocycles. The molecule has 10 heteroatoms. The number of carbonyl (C=O) groups is 3. The van der Waals surface area contributed by atoms with Crippen molar-refractivity contribution >= 4 is 33.2 Å². The second-order valence-electron chi connectivity index (χ2n) is 5.95. The van der Waals surface area contributed by atoms with Crippen LogP contribution < -0.4 is 11.1 Å². The molecule has 1 saturated heterocycles. The molecule has 1 aliphatic heterocycles. The Balaban J connectivity index is 2.07. The summed E-state index contributed by atoms with van der Waals surface area (Å²) in [6, 6.07) is 5.23. The first-order valence-electron chi connectivity index (χ1n) is 7.94. The number of nitrogens with zero attached hydrogens (tertiary/aromatic N) is 1. The summed E-state index contributed by atoms with van der Waals surface area (Å²) >= 11 is 0. The van der Waals surface area contributed by atoms with Crippen molar-refractivity contribution in [1.29, 1.82) is 0 Å². The summed E-state index contributed by atoms with van der Waals surface area (Å²) in [6.07, 6.45) is 0.247. The largest absolute Gasteiger partial charge is 0.399 e. The van der Waals surface area contributed by atoms with E-state index in [2.05, 4.69) is 0 Å². The quantitative estimate of drug-likeness (QED) is 0.501. The molecule has 1 atom stereocenters. The number of benzene rings is 1. The van der Waals surface area contributed by atoms with E-state index in [1.165, 1.54) is 31.4 Å². The maximum atomic E-state index is 12.5. The lowest BCUT2D eigenvalue weighted by atomic mass is 10.2. The predicted octanol–water partition coefficient (Wildman–Crippen LogP) is -0.813. The highest BCUT2D eigenvalue weighted by Crippen LogP contribution is 2.18. The van der Waals surface area contributed by atoms with Crippen LogP contribution >= 0.6 is 0 Å². The molecule has 1 aromatic rings. The molecule has 142 valence electrons. The molecule has 0 spiro atoms. The number of methoxy groups -OCH3 is 1. The van der Waals surface area contributed by atoms with E-state index in [0.29, 0.717) is 5.69 Å². The van der Waals surface area contributed by atoms with E-state index >= 15 is 0 Å². The number of amides is 3. The van der Waals surface area contributed by atoms with Gasteiger partial charge >= 0.3 is 11.8 Å². The molecule has 0 radical (unpaired) electrons. The smallest absolute Gasteiger partial charge is 0.316 e. The fourth-order valence-corrected chi connectivity index (χ4v) is 4.39. The maximum absolute atomic E-state index is 12.5. The van der Waals surface area contributed by atoms with Gasteiger partial charge in [-0.05, 0) is 30.7 Å². The molecule has 1 fully saturated rings. The zero-order chi connectivity index (χ0) is 19.3. The maximum Gasteiger partial charge on any atom is 0.316 e. The monoisotopic (exact) mass is 383 g/mol. The third kappa shape index (κ3) is 5.02. The molecule has 26 heavy (non-hydrogen) atoms. The van der Waals surface area contributed by atoms with Gasteiger partial charge in [-0.3, -0.25) is 19.7 Å². The first-order valence-corrected chi connectivity index (χ1v) is 9.77. The lowest BCUT2D eigenvalue weighted by molar-refractivity contribution is -0.147. The topological polar surface area (TPSA) is 136 Å². The number of sulfone groups is 1. The minimum atomic E-state index is -3.24. The van der Waals surface area contributed by atoms with Gasteiger partial charge in [0.25, 0.3) is 5.91 Å². The molecular formula is C16H21N3O6S. The fourth-order valence-electron chi connectivity index (χ4n) is 2.65. The molecule has 2 rings (SSSR count). The van der Waals surface area contributed by atoms with E-state index < -0.39 is 33.6 Å². The van der Waals surface area contributed by atoms with Crippen molar-refractivity contribution < 1.29 is 27.5 Å². The van der Waals surface area contributed by atoms with Crippen LogP contribution in [0.15, 0.2) is 24.3 Å². The molecule has 1 heterocycles. The molecule has 0 aliphatic carbocycles. The average molecular weight is 383 g/mol. The van der Waals surface area contributed by atoms with Crippen molar-refractivity contribution in [3.8, 4) is 0 Å². The standard InChI is InChI=1S/C16H21N3O6S/c1-25-8-7-19(13-6-9-26(23,24)10-13)16(22)15(21)18-14(20)11-2-4-12(17)5-3-11/h2-5,13H,6-10,17H2,1H3,(H,18,20,21). The molecule has 0 aromatic heterocycles. The normalized spacial score (nSPS) is 18.3. The summed E-state index contributed by atoms with van der Waals surface area (Å²) < 4.78 is 28.3. The third-order valence-corrected chi connectivity index (χ3v) is 5.79. The third-order valence-electron chi connectivity index (χ3n) is 4.04. The summed E-state index contributed by atoms with van der Waals surface area (Å²) in [5.41, 5.74) is 6.16. The van der Waals surface area contributed by atoms with Gasteiger partial charge in [-0.2, -0.15) is 0 Å². The van der Waals surface area contributed by atoms with Gasteiger partial charge in [0.2, 0.25) is 0 Å². The van der Waals surface area contributed by atoms with E-state index in [-0.39, 0.29) is 36.6 Å². The Kier molecular flexibility index (Phi) is 6.32. The van der Waals surface area contributed by atoms with Crippen molar-refractivity contribution in [2.45, 2.75) is 12.5 Å². The highest BCUT2D eigenvalue weighted by atomic mass is 32.2. The van der Waals surface area contributed by atoms with Gasteiger partial charge in [-0.15, -0.1) is 0 Å². The Morgan fingerprint density at radius 2 is 1.92 bits per heavy atom. The van der Waals surface area contributed by atoms with Crippen LogP contribution in [0.4, 0.5) is 5.69 Å². The number of carbonyl (C=O) groups excluding carboxylic acids is 3. The van der Waals surface area contributed by atoms with Crippen LogP contribution in [0, 0.1) is 0 Å². The lowest BCUT2D eigenvalue weighted by Crippen LogP contribution is -2.50. The number of nitrogens with two attached hydrogens (primary N) is 1. The molecule has 1 unspecified atom stereocenters. The highest BCUT2D eigenvalue weighted by molar-refractivity contribution is 7.91. The molecule has 0 bridgehead atoms. The first-order chi connectivity index (χ1) is 12.2. The summed E-state index contributed by atoms with van der Waals surface area (Å²) in [5.74, 6) is -3.07. The predicted molar refractivity (Wildman–Crippen MR) is 94.0 cm³/mol. The SMILES string of the molecule is COCCN(C(=O)C(=O)NC(=O)c1ccc(N)cc1)C1CCS(=O)(=O)C1. The highest BCUT2D eigenvalue weighted by Gasteiger charge is 2.37. The molecular weight excluding hydrogens is 362 g/mol. The van der Waals surface area contributed by atoms with Gasteiger partial charge in [0, 0.05) is 30.9 Å². The van der Waals surface area contributed by atoms with Crippen LogP contribution in [0.5, 0.6) is 0 Å². The van der Waals surface area contributed by atoms with Gasteiger partial charge in [-0.25, -0.2) is 8.42 Å². The van der Waals surface area contributed by atoms with Crippen molar-refractivity contribution in [3.05, 3.63) is 29.8 Å². The van der Waals surface area contributed by atoms with Crippen molar-refractivity contribution in [2.75, 3.05) is 37.5 Å². The number of hydrogen-bond acceptors (Lipinski definition) is 7. The van der Waals surface area contributed by atoms with Crippen LogP contribution in [-0.2, 0) is 24.2 Å². The van der Waals surface area contributed by atoms with Crippen LogP contribution in [0.2, 0.25) is 0 Å². The van der Waals surface area contributed by atoms with Crippen LogP contribution in [0.1, 0.15) is 16.8 Å². The van der Waals surface area contributed by atoms with Crippen molar-refractivity contribution in [3.63, 3.8) is 0 Å². The molecule has 3 amide bonds. The van der Waals surface area contributed by atoms with Crippen LogP contribution in [-0.4, -0.2) is 68.8 Å². The van der Waals surface area contributed by atoms with E-state index in [1.807, 2.05) is 5.32 Å². The number of nitrogens with one attached hydrogen (secondary N) is 1. The Labute approximate surface area is 151 Å². The zero-order valence-corrected chi connectivity index (χ0v) is 15.1. The Hall–Kier alpha value is -2.46. The minimum Gasteiger partial charge on any atom is -0.399 e. The van der Waals surface area contributed by atoms with E-state index in [4.69, 9.17) is 10.5 Å². The minimum absolute atomic E-state index is 0.0413. The Morgan fingerprint density at radius 3 is 2.46 bits per heavy atom. The number of rotatable bonds is 5. The Morgan fingerprint density at radius 1 is 1.27 bits per heavy atom. The number of anilines is 1. The lowest BCUT2D eigenvalue weighted by Gasteiger charge is -2.27. The summed E-state index contributed by atoms with van der Waals surface area (Å²) in [5, 5.41) is 2.02. The van der Waals surface area contributed by atoms with E-state index in [9.17, 15) is 22.8 Å². The van der Waals surface area contributed by atoms with Gasteiger partial charge in [0.05, 0.1) is 18.1 Å². The number of ether oxygens (including phenoxy) is 1.